The van der Waals surface area contributed by atoms with E-state index in [2.05, 4.69) is 9.97 Å². The third-order valence-corrected chi connectivity index (χ3v) is 3.14. The van der Waals surface area contributed by atoms with Gasteiger partial charge in [0.25, 0.3) is 5.56 Å². The number of hydrogen-bond acceptors (Lipinski definition) is 4. The molecule has 0 bridgehead atoms. The summed E-state index contributed by atoms with van der Waals surface area (Å²) in [7, 11) is 1.58. The van der Waals surface area contributed by atoms with Gasteiger partial charge in [-0.15, -0.1) is 0 Å². The molecule has 106 valence electrons. The van der Waals surface area contributed by atoms with Gasteiger partial charge in [-0.25, -0.2) is 0 Å². The van der Waals surface area contributed by atoms with Gasteiger partial charge in [0.2, 0.25) is 5.88 Å². The van der Waals surface area contributed by atoms with Crippen LogP contribution in [-0.4, -0.2) is 28.8 Å². The molecule has 0 aliphatic heterocycles. The zero-order valence-electron chi connectivity index (χ0n) is 11.8. The predicted octanol–water partition coefficient (Wildman–Crippen LogP) is 2.20. The first-order valence-corrected chi connectivity index (χ1v) is 6.42. The molecular formula is C15H18N2O3. The Labute approximate surface area is 117 Å². The molecule has 1 atom stereocenters. The van der Waals surface area contributed by atoms with E-state index in [0.717, 1.165) is 5.56 Å². The topological polar surface area (TPSA) is 75.2 Å². The van der Waals surface area contributed by atoms with E-state index in [1.807, 2.05) is 26.0 Å². The molecular weight excluding hydrogens is 256 g/mol. The lowest BCUT2D eigenvalue weighted by Crippen LogP contribution is -2.17. The van der Waals surface area contributed by atoms with Gasteiger partial charge in [-0.3, -0.25) is 4.79 Å². The lowest BCUT2D eigenvalue weighted by molar-refractivity contribution is 0.181. The zero-order valence-corrected chi connectivity index (χ0v) is 11.8. The van der Waals surface area contributed by atoms with Crippen LogP contribution in [0.25, 0.3) is 11.1 Å². The van der Waals surface area contributed by atoms with Gasteiger partial charge in [-0.1, -0.05) is 36.8 Å². The van der Waals surface area contributed by atoms with Crippen LogP contribution in [0.2, 0.25) is 0 Å². The van der Waals surface area contributed by atoms with E-state index in [1.54, 1.807) is 19.2 Å². The molecule has 0 aliphatic rings. The number of aromatic hydroxyl groups is 1. The van der Waals surface area contributed by atoms with Crippen LogP contribution in [0.1, 0.15) is 24.2 Å². The summed E-state index contributed by atoms with van der Waals surface area (Å²) in [5.41, 5.74) is 1.58. The van der Waals surface area contributed by atoms with Crippen LogP contribution in [0.15, 0.2) is 29.1 Å². The fourth-order valence-electron chi connectivity index (χ4n) is 2.02. The van der Waals surface area contributed by atoms with Crippen LogP contribution >= 0.6 is 0 Å². The van der Waals surface area contributed by atoms with Crippen molar-refractivity contribution in [1.82, 2.24) is 9.97 Å². The predicted molar refractivity (Wildman–Crippen MR) is 77.0 cm³/mol. The number of ether oxygens (including phenoxy) is 1. The third kappa shape index (κ3) is 2.88. The molecule has 5 heteroatoms. The molecule has 0 radical (unpaired) electrons. The molecule has 2 N–H and O–H groups in total. The number of benzene rings is 1. The second-order valence-electron chi connectivity index (χ2n) is 4.87. The summed E-state index contributed by atoms with van der Waals surface area (Å²) in [4.78, 5) is 18.9. The number of aryl methyl sites for hydroxylation is 1. The van der Waals surface area contributed by atoms with E-state index < -0.39 is 0 Å². The Hall–Kier alpha value is -2.14. The standard InChI is InChI=1S/C15H18N2O3/c1-9-4-6-11(7-5-9)12-14(18)16-13(17-15(12)19)10(2)8-20-3/h4-7,10H,8H2,1-3H3,(H2,16,17,18,19). The van der Waals surface area contributed by atoms with Crippen molar-refractivity contribution in [1.29, 1.82) is 0 Å². The molecule has 5 nitrogen and oxygen atoms in total. The molecule has 1 unspecified atom stereocenters. The van der Waals surface area contributed by atoms with Gasteiger partial charge in [0.05, 0.1) is 6.61 Å². The van der Waals surface area contributed by atoms with E-state index >= 15 is 0 Å². The minimum atomic E-state index is -0.348. The van der Waals surface area contributed by atoms with Crippen LogP contribution in [0, 0.1) is 6.92 Å². The fraction of sp³-hybridized carbons (Fsp3) is 0.333. The van der Waals surface area contributed by atoms with Crippen molar-refractivity contribution >= 4 is 0 Å². The lowest BCUT2D eigenvalue weighted by atomic mass is 10.1. The Balaban J connectivity index is 2.46. The summed E-state index contributed by atoms with van der Waals surface area (Å²) in [6.45, 7) is 4.25. The minimum Gasteiger partial charge on any atom is -0.493 e. The summed E-state index contributed by atoms with van der Waals surface area (Å²) in [6.07, 6.45) is 0. The summed E-state index contributed by atoms with van der Waals surface area (Å²) in [6, 6.07) is 7.35. The van der Waals surface area contributed by atoms with Crippen LogP contribution < -0.4 is 5.56 Å². The summed E-state index contributed by atoms with van der Waals surface area (Å²) in [5.74, 6) is 0.0754. The highest BCUT2D eigenvalue weighted by Crippen LogP contribution is 2.24. The second kappa shape index (κ2) is 5.88. The number of methoxy groups -OCH3 is 1. The molecule has 1 aromatic carbocycles. The summed E-state index contributed by atoms with van der Waals surface area (Å²) in [5, 5.41) is 10.0. The monoisotopic (exact) mass is 274 g/mol. The molecule has 0 fully saturated rings. The van der Waals surface area contributed by atoms with E-state index in [1.165, 1.54) is 0 Å². The fourth-order valence-corrected chi connectivity index (χ4v) is 2.02. The van der Waals surface area contributed by atoms with Gasteiger partial charge < -0.3 is 14.8 Å². The highest BCUT2D eigenvalue weighted by molar-refractivity contribution is 5.67. The maximum atomic E-state index is 12.2. The Morgan fingerprint density at radius 3 is 2.55 bits per heavy atom. The Kier molecular flexibility index (Phi) is 4.20. The molecule has 0 saturated heterocycles. The zero-order chi connectivity index (χ0) is 14.7. The van der Waals surface area contributed by atoms with E-state index in [0.29, 0.717) is 18.0 Å². The number of nitrogens with one attached hydrogen (secondary N) is 1. The average molecular weight is 274 g/mol. The normalized spacial score (nSPS) is 12.3. The van der Waals surface area contributed by atoms with Crippen LogP contribution in [-0.2, 0) is 4.74 Å². The molecule has 0 saturated carbocycles. The number of nitrogens with zero attached hydrogens (tertiary/aromatic N) is 1. The van der Waals surface area contributed by atoms with E-state index in [-0.39, 0.29) is 22.9 Å². The van der Waals surface area contributed by atoms with Gasteiger partial charge in [-0.2, -0.15) is 4.98 Å². The molecule has 2 aromatic rings. The first-order valence-electron chi connectivity index (χ1n) is 6.42. The molecule has 0 amide bonds. The van der Waals surface area contributed by atoms with Gasteiger partial charge >= 0.3 is 0 Å². The van der Waals surface area contributed by atoms with Gasteiger partial charge in [0, 0.05) is 13.0 Å². The number of hydrogen-bond donors (Lipinski definition) is 2. The number of aromatic nitrogens is 2. The SMILES string of the molecule is COCC(C)c1nc(O)c(-c2ccc(C)cc2)c(=O)[nH]1. The number of H-pyrrole nitrogens is 1. The van der Waals surface area contributed by atoms with Crippen molar-refractivity contribution in [2.24, 2.45) is 0 Å². The molecule has 1 heterocycles. The first-order chi connectivity index (χ1) is 9.52. The minimum absolute atomic E-state index is 0.0920. The van der Waals surface area contributed by atoms with Crippen molar-refractivity contribution in [2.75, 3.05) is 13.7 Å². The van der Waals surface area contributed by atoms with E-state index in [9.17, 15) is 9.90 Å². The van der Waals surface area contributed by atoms with Gasteiger partial charge in [0.1, 0.15) is 11.4 Å². The van der Waals surface area contributed by atoms with Gasteiger partial charge in [-0.05, 0) is 12.5 Å². The van der Waals surface area contributed by atoms with Crippen LogP contribution in [0.3, 0.4) is 0 Å². The Bertz CT molecular complexity index is 647. The smallest absolute Gasteiger partial charge is 0.262 e. The Morgan fingerprint density at radius 2 is 2.00 bits per heavy atom. The van der Waals surface area contributed by atoms with Crippen molar-refractivity contribution in [3.05, 3.63) is 46.0 Å². The van der Waals surface area contributed by atoms with Crippen molar-refractivity contribution in [2.45, 2.75) is 19.8 Å². The highest BCUT2D eigenvalue weighted by atomic mass is 16.5. The molecule has 2 rings (SSSR count). The third-order valence-electron chi connectivity index (χ3n) is 3.14. The van der Waals surface area contributed by atoms with Crippen molar-refractivity contribution < 1.29 is 9.84 Å². The van der Waals surface area contributed by atoms with Crippen LogP contribution in [0.4, 0.5) is 0 Å². The summed E-state index contributed by atoms with van der Waals surface area (Å²) >= 11 is 0. The highest BCUT2D eigenvalue weighted by Gasteiger charge is 2.16. The number of rotatable bonds is 4. The lowest BCUT2D eigenvalue weighted by Gasteiger charge is -2.11. The second-order valence-corrected chi connectivity index (χ2v) is 4.87. The van der Waals surface area contributed by atoms with Crippen molar-refractivity contribution in [3.63, 3.8) is 0 Å². The first kappa shape index (κ1) is 14.3. The largest absolute Gasteiger partial charge is 0.493 e. The molecule has 0 spiro atoms. The number of aromatic amines is 1. The maximum absolute atomic E-state index is 12.2. The Morgan fingerprint density at radius 1 is 1.35 bits per heavy atom. The van der Waals surface area contributed by atoms with Crippen molar-refractivity contribution in [3.8, 4) is 17.0 Å². The molecule has 0 aliphatic carbocycles. The quantitative estimate of drug-likeness (QED) is 0.896. The molecule has 1 aromatic heterocycles. The van der Waals surface area contributed by atoms with Gasteiger partial charge in [0.15, 0.2) is 0 Å². The summed E-state index contributed by atoms with van der Waals surface area (Å²) < 4.78 is 5.02. The van der Waals surface area contributed by atoms with Crippen LogP contribution in [0.5, 0.6) is 5.88 Å². The molecule has 20 heavy (non-hydrogen) atoms. The average Bonchev–Trinajstić information content (AvgIpc) is 2.40. The maximum Gasteiger partial charge on any atom is 0.262 e. The van der Waals surface area contributed by atoms with E-state index in [4.69, 9.17) is 4.74 Å².